The van der Waals surface area contributed by atoms with Gasteiger partial charge >= 0.3 is 0 Å². The molecule has 1 unspecified atom stereocenters. The molecular weight excluding hydrogens is 397 g/mol. The number of nitrogens with one attached hydrogen (secondary N) is 1. The zero-order chi connectivity index (χ0) is 20.5. The fourth-order valence-corrected chi connectivity index (χ4v) is 4.21. The Balaban J connectivity index is 1.97. The van der Waals surface area contributed by atoms with Crippen LogP contribution in [-0.4, -0.2) is 33.2 Å². The molecule has 7 nitrogen and oxygen atoms in total. The minimum atomic E-state index is -2.21. The summed E-state index contributed by atoms with van der Waals surface area (Å²) in [6.45, 7) is 0.405. The van der Waals surface area contributed by atoms with E-state index in [2.05, 4.69) is 10.3 Å². The van der Waals surface area contributed by atoms with Gasteiger partial charge in [0.1, 0.15) is 17.4 Å². The molecule has 2 N–H and O–H groups in total. The van der Waals surface area contributed by atoms with E-state index in [-0.39, 0.29) is 17.4 Å². The van der Waals surface area contributed by atoms with Crippen molar-refractivity contribution in [3.8, 4) is 11.3 Å². The summed E-state index contributed by atoms with van der Waals surface area (Å²) >= 11 is -2.21. The molecule has 0 spiro atoms. The van der Waals surface area contributed by atoms with E-state index in [9.17, 15) is 17.9 Å². The molecule has 0 saturated carbocycles. The molecule has 0 radical (unpaired) electrons. The van der Waals surface area contributed by atoms with Gasteiger partial charge in [0.25, 0.3) is 17.2 Å². The maximum Gasteiger partial charge on any atom is 0.263 e. The zero-order valence-corrected chi connectivity index (χ0v) is 16.6. The number of amides is 1. The van der Waals surface area contributed by atoms with Crippen LogP contribution < -0.4 is 9.62 Å². The summed E-state index contributed by atoms with van der Waals surface area (Å²) in [5.41, 5.74) is 1.83. The average Bonchev–Trinajstić information content (AvgIpc) is 3.06. The molecule has 0 saturated heterocycles. The molecule has 3 aromatic rings. The third kappa shape index (κ3) is 3.63. The Morgan fingerprint density at radius 3 is 2.72 bits per heavy atom. The number of anilines is 1. The molecular formula is C20H20FN3O4S. The second kappa shape index (κ2) is 7.92. The van der Waals surface area contributed by atoms with Gasteiger partial charge < -0.3 is 9.73 Å². The van der Waals surface area contributed by atoms with E-state index < -0.39 is 17.1 Å². The van der Waals surface area contributed by atoms with E-state index in [1.54, 1.807) is 0 Å². The number of carbonyl (C=O) groups excluding carboxylic acids is 1. The number of halogens is 1. The van der Waals surface area contributed by atoms with Gasteiger partial charge in [-0.2, -0.15) is 4.98 Å². The van der Waals surface area contributed by atoms with Gasteiger partial charge in [-0.3, -0.25) is 13.7 Å². The van der Waals surface area contributed by atoms with Gasteiger partial charge in [-0.05, 0) is 55.2 Å². The van der Waals surface area contributed by atoms with Gasteiger partial charge in [-0.25, -0.2) is 8.60 Å². The molecule has 152 valence electrons. The van der Waals surface area contributed by atoms with Gasteiger partial charge in [-0.1, -0.05) is 6.42 Å². The number of furan rings is 1. The fourth-order valence-electron chi connectivity index (χ4n) is 3.62. The van der Waals surface area contributed by atoms with Crippen LogP contribution in [0.15, 0.2) is 34.7 Å². The highest BCUT2D eigenvalue weighted by Crippen LogP contribution is 2.36. The minimum absolute atomic E-state index is 0.192. The van der Waals surface area contributed by atoms with Crippen LogP contribution in [0.5, 0.6) is 0 Å². The van der Waals surface area contributed by atoms with Crippen LogP contribution in [0.1, 0.15) is 35.2 Å². The third-order valence-electron chi connectivity index (χ3n) is 5.03. The van der Waals surface area contributed by atoms with Crippen molar-refractivity contribution in [3.05, 3.63) is 47.3 Å². The van der Waals surface area contributed by atoms with Crippen molar-refractivity contribution in [2.24, 2.45) is 0 Å². The zero-order valence-electron chi connectivity index (χ0n) is 15.8. The normalized spacial score (nSPS) is 15.5. The van der Waals surface area contributed by atoms with Crippen LogP contribution in [0, 0.1) is 5.82 Å². The smallest absolute Gasteiger partial charge is 0.263 e. The summed E-state index contributed by atoms with van der Waals surface area (Å²) in [7, 11) is 1.52. The van der Waals surface area contributed by atoms with Crippen LogP contribution >= 0.6 is 0 Å². The molecule has 1 aliphatic heterocycles. The molecule has 2 aromatic heterocycles. The number of aryl methyl sites for hydroxylation is 1. The van der Waals surface area contributed by atoms with Crippen molar-refractivity contribution in [1.29, 1.82) is 0 Å². The van der Waals surface area contributed by atoms with Crippen LogP contribution in [-0.2, 0) is 17.7 Å². The molecule has 0 bridgehead atoms. The monoisotopic (exact) mass is 417 g/mol. The van der Waals surface area contributed by atoms with Crippen molar-refractivity contribution < 1.29 is 22.4 Å². The summed E-state index contributed by atoms with van der Waals surface area (Å²) in [5.74, 6) is -0.0749. The topological polar surface area (TPSA) is 95.7 Å². The number of hydrogen-bond acceptors (Lipinski definition) is 4. The molecule has 1 aliphatic rings. The standard InChI is InChI=1S/C20H20FN3O4S/c1-22-19(25)16-15-11-13-5-3-2-4-10-24(29(26)27)18(13)23-20(15)28-17(16)12-6-8-14(21)9-7-12/h6-9,11H,2-5,10H2,1H3,(H,22,25)(H,26,27). The van der Waals surface area contributed by atoms with E-state index in [1.165, 1.54) is 35.6 Å². The Hall–Kier alpha value is -2.78. The van der Waals surface area contributed by atoms with Crippen molar-refractivity contribution in [3.63, 3.8) is 0 Å². The predicted octanol–water partition coefficient (Wildman–Crippen LogP) is 3.66. The minimum Gasteiger partial charge on any atom is -0.437 e. The lowest BCUT2D eigenvalue weighted by Crippen LogP contribution is -2.29. The van der Waals surface area contributed by atoms with Gasteiger partial charge in [0.05, 0.1) is 10.9 Å². The number of fused-ring (bicyclic) bond motifs is 2. The second-order valence-electron chi connectivity index (χ2n) is 6.86. The van der Waals surface area contributed by atoms with Crippen LogP contribution in [0.25, 0.3) is 22.4 Å². The van der Waals surface area contributed by atoms with E-state index in [4.69, 9.17) is 4.42 Å². The Kier molecular flexibility index (Phi) is 5.33. The lowest BCUT2D eigenvalue weighted by molar-refractivity contribution is 0.0964. The van der Waals surface area contributed by atoms with Crippen LogP contribution in [0.3, 0.4) is 0 Å². The highest BCUT2D eigenvalue weighted by molar-refractivity contribution is 7.80. The lowest BCUT2D eigenvalue weighted by atomic mass is 10.0. The third-order valence-corrected chi connectivity index (χ3v) is 5.76. The van der Waals surface area contributed by atoms with Gasteiger partial charge in [-0.15, -0.1) is 0 Å². The predicted molar refractivity (Wildman–Crippen MR) is 108 cm³/mol. The highest BCUT2D eigenvalue weighted by Gasteiger charge is 2.27. The summed E-state index contributed by atoms with van der Waals surface area (Å²) in [5, 5.41) is 3.13. The van der Waals surface area contributed by atoms with E-state index in [1.807, 2.05) is 6.07 Å². The maximum absolute atomic E-state index is 13.4. The summed E-state index contributed by atoms with van der Waals surface area (Å²) < 4.78 is 42.2. The first-order valence-electron chi connectivity index (χ1n) is 9.32. The Morgan fingerprint density at radius 1 is 1.28 bits per heavy atom. The van der Waals surface area contributed by atoms with Gasteiger partial charge in [0.2, 0.25) is 5.71 Å². The van der Waals surface area contributed by atoms with E-state index >= 15 is 0 Å². The largest absolute Gasteiger partial charge is 0.437 e. The number of hydrogen-bond donors (Lipinski definition) is 2. The average molecular weight is 417 g/mol. The number of nitrogens with zero attached hydrogens (tertiary/aromatic N) is 2. The van der Waals surface area contributed by atoms with Crippen molar-refractivity contribution in [1.82, 2.24) is 10.3 Å². The Labute approximate surface area is 169 Å². The van der Waals surface area contributed by atoms with Crippen molar-refractivity contribution in [2.45, 2.75) is 25.7 Å². The molecule has 0 aliphatic carbocycles. The Bertz CT molecular complexity index is 1100. The number of benzene rings is 1. The van der Waals surface area contributed by atoms with Gasteiger partial charge in [0.15, 0.2) is 0 Å². The van der Waals surface area contributed by atoms with Crippen molar-refractivity contribution >= 4 is 34.1 Å². The number of carbonyl (C=O) groups is 1. The fraction of sp³-hybridized carbons (Fsp3) is 0.300. The quantitative estimate of drug-likeness (QED) is 0.634. The lowest BCUT2D eigenvalue weighted by Gasteiger charge is -2.23. The molecule has 9 heteroatoms. The SMILES string of the molecule is CNC(=O)c1c(-c2ccc(F)cc2)oc2nc3c(cc12)CCCCCN3S(=O)O. The van der Waals surface area contributed by atoms with Crippen LogP contribution in [0.2, 0.25) is 0 Å². The van der Waals surface area contributed by atoms with E-state index in [0.29, 0.717) is 35.3 Å². The molecule has 1 aromatic carbocycles. The molecule has 1 atom stereocenters. The molecule has 29 heavy (non-hydrogen) atoms. The first kappa shape index (κ1) is 19.5. The first-order valence-corrected chi connectivity index (χ1v) is 10.4. The molecule has 0 fully saturated rings. The molecule has 4 rings (SSSR count). The Morgan fingerprint density at radius 2 is 2.03 bits per heavy atom. The second-order valence-corrected chi connectivity index (χ2v) is 7.76. The number of aromatic nitrogens is 1. The summed E-state index contributed by atoms with van der Waals surface area (Å²) in [6.07, 6.45) is 3.31. The molecule has 1 amide bonds. The van der Waals surface area contributed by atoms with Crippen molar-refractivity contribution in [2.75, 3.05) is 17.9 Å². The van der Waals surface area contributed by atoms with Gasteiger partial charge in [0, 0.05) is 19.2 Å². The summed E-state index contributed by atoms with van der Waals surface area (Å²) in [4.78, 5) is 17.2. The highest BCUT2D eigenvalue weighted by atomic mass is 32.2. The molecule has 3 heterocycles. The summed E-state index contributed by atoms with van der Waals surface area (Å²) in [6, 6.07) is 7.46. The maximum atomic E-state index is 13.4. The van der Waals surface area contributed by atoms with E-state index in [0.717, 1.165) is 24.8 Å². The first-order chi connectivity index (χ1) is 14.0. The van der Waals surface area contributed by atoms with Crippen LogP contribution in [0.4, 0.5) is 10.2 Å². The number of pyridine rings is 1. The number of rotatable bonds is 3.